The maximum Gasteiger partial charge on any atom is 0.0383 e. The van der Waals surface area contributed by atoms with Gasteiger partial charge in [0.15, 0.2) is 0 Å². The van der Waals surface area contributed by atoms with Gasteiger partial charge in [-0.05, 0) is 38.6 Å². The van der Waals surface area contributed by atoms with E-state index in [1.807, 2.05) is 18.4 Å². The molecule has 1 N–H and O–H groups in total. The molecule has 0 aliphatic heterocycles. The Bertz CT molecular complexity index is 473. The van der Waals surface area contributed by atoms with Gasteiger partial charge in [0.25, 0.3) is 0 Å². The minimum Gasteiger partial charge on any atom is -0.313 e. The highest BCUT2D eigenvalue weighted by atomic mass is 32.1. The molecule has 0 radical (unpaired) electrons. The van der Waals surface area contributed by atoms with Crippen molar-refractivity contribution in [3.8, 4) is 10.4 Å². The first-order valence-corrected chi connectivity index (χ1v) is 6.36. The minimum absolute atomic E-state index is 0.434. The largest absolute Gasteiger partial charge is 0.313 e. The van der Waals surface area contributed by atoms with E-state index in [1.54, 1.807) is 0 Å². The third-order valence-electron chi connectivity index (χ3n) is 2.79. The second-order valence-electron chi connectivity index (χ2n) is 4.08. The van der Waals surface area contributed by atoms with Crippen molar-refractivity contribution in [2.75, 3.05) is 7.05 Å². The van der Waals surface area contributed by atoms with E-state index >= 15 is 0 Å². The smallest absolute Gasteiger partial charge is 0.0383 e. The summed E-state index contributed by atoms with van der Waals surface area (Å²) in [6.07, 6.45) is 0. The summed E-state index contributed by atoms with van der Waals surface area (Å²) in [5, 5.41) is 3.27. The number of nitrogens with one attached hydrogen (secondary N) is 1. The standard InChI is InChI=1S/C14H17NS/c1-10-5-4-6-12(9-10)14-8-7-13(16-14)11(2)15-3/h4-9,11,15H,1-3H3. The lowest BCUT2D eigenvalue weighted by Crippen LogP contribution is -2.10. The summed E-state index contributed by atoms with van der Waals surface area (Å²) < 4.78 is 0. The Morgan fingerprint density at radius 3 is 2.69 bits per heavy atom. The number of hydrogen-bond acceptors (Lipinski definition) is 2. The van der Waals surface area contributed by atoms with Gasteiger partial charge in [-0.15, -0.1) is 11.3 Å². The average molecular weight is 231 g/mol. The Kier molecular flexibility index (Phi) is 3.42. The van der Waals surface area contributed by atoms with Crippen LogP contribution in [0.3, 0.4) is 0 Å². The maximum atomic E-state index is 3.27. The van der Waals surface area contributed by atoms with Gasteiger partial charge in [0.05, 0.1) is 0 Å². The molecule has 0 saturated carbocycles. The van der Waals surface area contributed by atoms with Gasteiger partial charge in [0.1, 0.15) is 0 Å². The van der Waals surface area contributed by atoms with Crippen LogP contribution in [0.5, 0.6) is 0 Å². The van der Waals surface area contributed by atoms with E-state index in [0.717, 1.165) is 0 Å². The van der Waals surface area contributed by atoms with E-state index in [0.29, 0.717) is 6.04 Å². The number of rotatable bonds is 3. The van der Waals surface area contributed by atoms with Gasteiger partial charge >= 0.3 is 0 Å². The molecule has 1 atom stereocenters. The fourth-order valence-electron chi connectivity index (χ4n) is 1.68. The lowest BCUT2D eigenvalue weighted by Gasteiger charge is -2.06. The summed E-state index contributed by atoms with van der Waals surface area (Å²) in [7, 11) is 2.00. The number of benzene rings is 1. The van der Waals surface area contributed by atoms with Crippen molar-refractivity contribution in [1.82, 2.24) is 5.32 Å². The summed E-state index contributed by atoms with van der Waals surface area (Å²) in [4.78, 5) is 2.74. The molecule has 0 spiro atoms. The first-order valence-electron chi connectivity index (χ1n) is 5.54. The Hall–Kier alpha value is -1.12. The Morgan fingerprint density at radius 1 is 1.19 bits per heavy atom. The molecule has 0 saturated heterocycles. The molecule has 0 aliphatic carbocycles. The van der Waals surface area contributed by atoms with Gasteiger partial charge in [0.2, 0.25) is 0 Å². The van der Waals surface area contributed by atoms with Crippen molar-refractivity contribution < 1.29 is 0 Å². The minimum atomic E-state index is 0.434. The molecule has 0 amide bonds. The van der Waals surface area contributed by atoms with Crippen LogP contribution >= 0.6 is 11.3 Å². The van der Waals surface area contributed by atoms with E-state index in [-0.39, 0.29) is 0 Å². The second-order valence-corrected chi connectivity index (χ2v) is 5.20. The van der Waals surface area contributed by atoms with E-state index in [2.05, 4.69) is 55.6 Å². The SMILES string of the molecule is CNC(C)c1ccc(-c2cccc(C)c2)s1. The van der Waals surface area contributed by atoms with Gasteiger partial charge in [-0.2, -0.15) is 0 Å². The first kappa shape index (κ1) is 11.4. The van der Waals surface area contributed by atoms with Gasteiger partial charge in [-0.3, -0.25) is 0 Å². The molecule has 2 aromatic rings. The molecule has 1 heterocycles. The fourth-order valence-corrected chi connectivity index (χ4v) is 2.75. The monoisotopic (exact) mass is 231 g/mol. The highest BCUT2D eigenvalue weighted by molar-refractivity contribution is 7.15. The van der Waals surface area contributed by atoms with Crippen molar-refractivity contribution in [3.05, 3.63) is 46.8 Å². The van der Waals surface area contributed by atoms with Crippen molar-refractivity contribution in [1.29, 1.82) is 0 Å². The molecule has 84 valence electrons. The Labute approximate surface area is 101 Å². The van der Waals surface area contributed by atoms with E-state index < -0.39 is 0 Å². The molecule has 2 heteroatoms. The molecule has 2 rings (SSSR count). The van der Waals surface area contributed by atoms with Crippen molar-refractivity contribution in [3.63, 3.8) is 0 Å². The van der Waals surface area contributed by atoms with Crippen LogP contribution in [0.25, 0.3) is 10.4 Å². The topological polar surface area (TPSA) is 12.0 Å². The van der Waals surface area contributed by atoms with Crippen molar-refractivity contribution in [2.45, 2.75) is 19.9 Å². The van der Waals surface area contributed by atoms with Crippen LogP contribution in [0.1, 0.15) is 23.4 Å². The molecule has 0 aliphatic rings. The van der Waals surface area contributed by atoms with Crippen LogP contribution < -0.4 is 5.32 Å². The fraction of sp³-hybridized carbons (Fsp3) is 0.286. The van der Waals surface area contributed by atoms with Gasteiger partial charge in [-0.1, -0.05) is 29.8 Å². The summed E-state index contributed by atoms with van der Waals surface area (Å²) >= 11 is 1.86. The molecule has 1 aromatic heterocycles. The molecular formula is C14H17NS. The lowest BCUT2D eigenvalue weighted by molar-refractivity contribution is 0.664. The average Bonchev–Trinajstić information content (AvgIpc) is 2.77. The zero-order chi connectivity index (χ0) is 11.5. The molecule has 0 fully saturated rings. The quantitative estimate of drug-likeness (QED) is 0.841. The molecule has 1 unspecified atom stereocenters. The van der Waals surface area contributed by atoms with Gasteiger partial charge in [-0.25, -0.2) is 0 Å². The van der Waals surface area contributed by atoms with E-state index in [4.69, 9.17) is 0 Å². The normalized spacial score (nSPS) is 12.7. The summed E-state index contributed by atoms with van der Waals surface area (Å²) in [6, 6.07) is 13.5. The van der Waals surface area contributed by atoms with E-state index in [1.165, 1.54) is 20.9 Å². The molecule has 1 aromatic carbocycles. The first-order chi connectivity index (χ1) is 7.70. The number of aryl methyl sites for hydroxylation is 1. The predicted molar refractivity (Wildman–Crippen MR) is 72.0 cm³/mol. The predicted octanol–water partition coefficient (Wildman–Crippen LogP) is 4.00. The van der Waals surface area contributed by atoms with Crippen molar-refractivity contribution in [2.24, 2.45) is 0 Å². The maximum absolute atomic E-state index is 3.27. The van der Waals surface area contributed by atoms with Crippen LogP contribution in [0.4, 0.5) is 0 Å². The number of hydrogen-bond donors (Lipinski definition) is 1. The van der Waals surface area contributed by atoms with Crippen LogP contribution in [-0.4, -0.2) is 7.05 Å². The van der Waals surface area contributed by atoms with Crippen LogP contribution in [0.2, 0.25) is 0 Å². The lowest BCUT2D eigenvalue weighted by atomic mass is 10.1. The Balaban J connectivity index is 2.31. The summed E-state index contributed by atoms with van der Waals surface area (Å²) in [5.74, 6) is 0. The zero-order valence-corrected chi connectivity index (χ0v) is 10.8. The van der Waals surface area contributed by atoms with Gasteiger partial charge < -0.3 is 5.32 Å². The molecule has 1 nitrogen and oxygen atoms in total. The van der Waals surface area contributed by atoms with E-state index in [9.17, 15) is 0 Å². The van der Waals surface area contributed by atoms with Crippen LogP contribution in [0.15, 0.2) is 36.4 Å². The Morgan fingerprint density at radius 2 is 2.00 bits per heavy atom. The highest BCUT2D eigenvalue weighted by Crippen LogP contribution is 2.31. The molecular weight excluding hydrogens is 214 g/mol. The summed E-state index contributed by atoms with van der Waals surface area (Å²) in [5.41, 5.74) is 2.63. The van der Waals surface area contributed by atoms with Crippen molar-refractivity contribution >= 4 is 11.3 Å². The second kappa shape index (κ2) is 4.81. The third kappa shape index (κ3) is 2.34. The van der Waals surface area contributed by atoms with Crippen LogP contribution in [0, 0.1) is 6.92 Å². The third-order valence-corrected chi connectivity index (χ3v) is 4.11. The number of thiophene rings is 1. The van der Waals surface area contributed by atoms with Crippen LogP contribution in [-0.2, 0) is 0 Å². The highest BCUT2D eigenvalue weighted by Gasteiger charge is 2.07. The van der Waals surface area contributed by atoms with Gasteiger partial charge in [0, 0.05) is 15.8 Å². The molecule has 0 bridgehead atoms. The molecule has 16 heavy (non-hydrogen) atoms. The summed E-state index contributed by atoms with van der Waals surface area (Å²) in [6.45, 7) is 4.32. The zero-order valence-electron chi connectivity index (χ0n) is 9.95.